The summed E-state index contributed by atoms with van der Waals surface area (Å²) in [6.07, 6.45) is 7.86. The Hall–Kier alpha value is -0.120. The Morgan fingerprint density at radius 1 is 1.12 bits per heavy atom. The third-order valence-corrected chi connectivity index (χ3v) is 4.74. The van der Waals surface area contributed by atoms with Gasteiger partial charge in [0, 0.05) is 31.3 Å². The Morgan fingerprint density at radius 3 is 2.50 bits per heavy atom. The predicted molar refractivity (Wildman–Crippen MR) is 64.3 cm³/mol. The summed E-state index contributed by atoms with van der Waals surface area (Å²) in [5.74, 6) is 0.829. The lowest BCUT2D eigenvalue weighted by atomic mass is 9.96. The van der Waals surface area contributed by atoms with Crippen molar-refractivity contribution in [3.05, 3.63) is 0 Å². The van der Waals surface area contributed by atoms with Crippen molar-refractivity contribution in [2.24, 2.45) is 11.7 Å². The molecule has 16 heavy (non-hydrogen) atoms. The zero-order valence-corrected chi connectivity index (χ0v) is 10.1. The second kappa shape index (κ2) is 4.63. The van der Waals surface area contributed by atoms with E-state index in [9.17, 15) is 0 Å². The van der Waals surface area contributed by atoms with Crippen molar-refractivity contribution in [2.75, 3.05) is 19.8 Å². The second-order valence-electron chi connectivity index (χ2n) is 5.87. The first-order chi connectivity index (χ1) is 7.83. The third-order valence-electron chi connectivity index (χ3n) is 4.74. The summed E-state index contributed by atoms with van der Waals surface area (Å²) < 4.78 is 5.44. The van der Waals surface area contributed by atoms with E-state index in [1.807, 2.05) is 0 Å². The Bertz CT molecular complexity index is 226. The Labute approximate surface area is 98.3 Å². The summed E-state index contributed by atoms with van der Waals surface area (Å²) in [5, 5.41) is 0. The molecular formula is C13H24N2O. The lowest BCUT2D eigenvalue weighted by Crippen LogP contribution is -2.47. The molecule has 3 atom stereocenters. The zero-order valence-electron chi connectivity index (χ0n) is 10.1. The molecule has 0 radical (unpaired) electrons. The summed E-state index contributed by atoms with van der Waals surface area (Å²) in [6, 6.07) is 2.08. The first-order valence-corrected chi connectivity index (χ1v) is 6.92. The molecule has 3 unspecified atom stereocenters. The molecular weight excluding hydrogens is 200 g/mol. The lowest BCUT2D eigenvalue weighted by Gasteiger charge is -2.38. The van der Waals surface area contributed by atoms with Crippen LogP contribution in [0.5, 0.6) is 0 Å². The molecule has 92 valence electrons. The van der Waals surface area contributed by atoms with Gasteiger partial charge < -0.3 is 10.5 Å². The van der Waals surface area contributed by atoms with Crippen LogP contribution in [0.1, 0.15) is 38.5 Å². The number of rotatable bonds is 3. The number of piperidine rings is 1. The molecule has 0 aromatic carbocycles. The minimum Gasteiger partial charge on any atom is -0.381 e. The number of hydrogen-bond donors (Lipinski definition) is 1. The van der Waals surface area contributed by atoms with Gasteiger partial charge in [0.1, 0.15) is 0 Å². The number of fused-ring (bicyclic) bond motifs is 2. The van der Waals surface area contributed by atoms with E-state index in [1.54, 1.807) is 0 Å². The van der Waals surface area contributed by atoms with Crippen LogP contribution in [0.15, 0.2) is 0 Å². The first-order valence-electron chi connectivity index (χ1n) is 6.92. The van der Waals surface area contributed by atoms with Crippen LogP contribution in [0.3, 0.4) is 0 Å². The highest BCUT2D eigenvalue weighted by molar-refractivity contribution is 4.96. The highest BCUT2D eigenvalue weighted by Crippen LogP contribution is 2.35. The maximum absolute atomic E-state index is 6.09. The summed E-state index contributed by atoms with van der Waals surface area (Å²) in [4.78, 5) is 2.75. The van der Waals surface area contributed by atoms with Crippen LogP contribution in [0.4, 0.5) is 0 Å². The number of nitrogens with two attached hydrogens (primary N) is 1. The molecule has 0 aromatic heterocycles. The van der Waals surface area contributed by atoms with Crippen molar-refractivity contribution in [3.63, 3.8) is 0 Å². The van der Waals surface area contributed by atoms with Crippen molar-refractivity contribution < 1.29 is 4.74 Å². The van der Waals surface area contributed by atoms with Crippen LogP contribution in [-0.2, 0) is 4.74 Å². The number of ether oxygens (including phenoxy) is 1. The van der Waals surface area contributed by atoms with Crippen LogP contribution in [0, 0.1) is 5.92 Å². The molecule has 3 rings (SSSR count). The van der Waals surface area contributed by atoms with Crippen molar-refractivity contribution in [1.82, 2.24) is 4.90 Å². The van der Waals surface area contributed by atoms with Crippen LogP contribution in [0.2, 0.25) is 0 Å². The lowest BCUT2D eigenvalue weighted by molar-refractivity contribution is 0.116. The molecule has 0 aromatic rings. The van der Waals surface area contributed by atoms with Gasteiger partial charge >= 0.3 is 0 Å². The molecule has 2 bridgehead atoms. The van der Waals surface area contributed by atoms with Gasteiger partial charge in [-0.25, -0.2) is 0 Å². The van der Waals surface area contributed by atoms with Gasteiger partial charge in [-0.15, -0.1) is 0 Å². The predicted octanol–water partition coefficient (Wildman–Crippen LogP) is 1.37. The Kier molecular flexibility index (Phi) is 3.18. The average Bonchev–Trinajstić information content (AvgIpc) is 2.83. The minimum absolute atomic E-state index is 0.476. The fraction of sp³-hybridized carbons (Fsp3) is 1.00. The van der Waals surface area contributed by atoms with Gasteiger partial charge in [0.25, 0.3) is 0 Å². The van der Waals surface area contributed by atoms with Gasteiger partial charge in [0.05, 0.1) is 0 Å². The average molecular weight is 224 g/mol. The molecule has 3 heterocycles. The van der Waals surface area contributed by atoms with E-state index >= 15 is 0 Å². The SMILES string of the molecule is NC1CC2CCC(C1)N2CCC1CCOC1. The topological polar surface area (TPSA) is 38.5 Å². The molecule has 0 saturated carbocycles. The zero-order chi connectivity index (χ0) is 11.0. The molecule has 0 amide bonds. The van der Waals surface area contributed by atoms with E-state index in [2.05, 4.69) is 4.90 Å². The van der Waals surface area contributed by atoms with Gasteiger partial charge in [-0.1, -0.05) is 0 Å². The minimum atomic E-state index is 0.476. The van der Waals surface area contributed by atoms with Crippen molar-refractivity contribution in [1.29, 1.82) is 0 Å². The van der Waals surface area contributed by atoms with Gasteiger partial charge in [-0.3, -0.25) is 4.90 Å². The summed E-state index contributed by atoms with van der Waals surface area (Å²) >= 11 is 0. The molecule has 3 nitrogen and oxygen atoms in total. The number of nitrogens with zero attached hydrogens (tertiary/aromatic N) is 1. The smallest absolute Gasteiger partial charge is 0.0495 e. The largest absolute Gasteiger partial charge is 0.381 e. The maximum atomic E-state index is 6.09. The molecule has 0 aliphatic carbocycles. The van der Waals surface area contributed by atoms with Crippen LogP contribution in [0.25, 0.3) is 0 Å². The Balaban J connectivity index is 1.51. The van der Waals surface area contributed by atoms with Crippen LogP contribution >= 0.6 is 0 Å². The highest BCUT2D eigenvalue weighted by atomic mass is 16.5. The molecule has 2 N–H and O–H groups in total. The van der Waals surface area contributed by atoms with Crippen molar-refractivity contribution >= 4 is 0 Å². The highest BCUT2D eigenvalue weighted by Gasteiger charge is 2.39. The van der Waals surface area contributed by atoms with Gasteiger partial charge in [0.2, 0.25) is 0 Å². The fourth-order valence-corrected chi connectivity index (χ4v) is 3.82. The summed E-state index contributed by atoms with van der Waals surface area (Å²) in [7, 11) is 0. The van der Waals surface area contributed by atoms with Crippen LogP contribution < -0.4 is 5.73 Å². The van der Waals surface area contributed by atoms with Gasteiger partial charge in [-0.05, 0) is 51.0 Å². The molecule has 3 saturated heterocycles. The molecule has 3 aliphatic rings. The maximum Gasteiger partial charge on any atom is 0.0495 e. The van der Waals surface area contributed by atoms with E-state index in [4.69, 9.17) is 10.5 Å². The van der Waals surface area contributed by atoms with Crippen molar-refractivity contribution in [2.45, 2.75) is 56.7 Å². The molecule has 3 aliphatic heterocycles. The molecule has 3 fully saturated rings. The van der Waals surface area contributed by atoms with E-state index in [0.717, 1.165) is 31.2 Å². The number of hydrogen-bond acceptors (Lipinski definition) is 3. The third kappa shape index (κ3) is 2.13. The molecule has 3 heteroatoms. The van der Waals surface area contributed by atoms with Crippen molar-refractivity contribution in [3.8, 4) is 0 Å². The van der Waals surface area contributed by atoms with E-state index in [0.29, 0.717) is 6.04 Å². The van der Waals surface area contributed by atoms with E-state index in [1.165, 1.54) is 45.1 Å². The normalized spacial score (nSPS) is 44.1. The summed E-state index contributed by atoms with van der Waals surface area (Å²) in [5.41, 5.74) is 6.09. The molecule has 0 spiro atoms. The standard InChI is InChI=1S/C13H24N2O/c14-11-7-12-1-2-13(8-11)15(12)5-3-10-4-6-16-9-10/h10-13H,1-9,14H2. The second-order valence-corrected chi connectivity index (χ2v) is 5.87. The van der Waals surface area contributed by atoms with E-state index in [-0.39, 0.29) is 0 Å². The Morgan fingerprint density at radius 2 is 1.88 bits per heavy atom. The van der Waals surface area contributed by atoms with Gasteiger partial charge in [0.15, 0.2) is 0 Å². The van der Waals surface area contributed by atoms with E-state index < -0.39 is 0 Å². The summed E-state index contributed by atoms with van der Waals surface area (Å²) in [6.45, 7) is 3.28. The van der Waals surface area contributed by atoms with Crippen LogP contribution in [-0.4, -0.2) is 42.8 Å². The fourth-order valence-electron chi connectivity index (χ4n) is 3.82. The monoisotopic (exact) mass is 224 g/mol. The van der Waals surface area contributed by atoms with Gasteiger partial charge in [-0.2, -0.15) is 0 Å². The first kappa shape index (κ1) is 11.0. The quantitative estimate of drug-likeness (QED) is 0.787.